The van der Waals surface area contributed by atoms with Gasteiger partial charge in [0.1, 0.15) is 12.1 Å². The van der Waals surface area contributed by atoms with Crippen LogP contribution in [0.5, 0.6) is 0 Å². The van der Waals surface area contributed by atoms with Crippen molar-refractivity contribution in [1.82, 2.24) is 14.8 Å². The molecule has 0 fully saturated rings. The van der Waals surface area contributed by atoms with Crippen LogP contribution in [0.1, 0.15) is 0 Å². The Morgan fingerprint density at radius 3 is 2.58 bits per heavy atom. The number of halogens is 2. The average molecular weight is 274 g/mol. The number of para-hydroxylation sites is 1. The molecule has 0 aliphatic carbocycles. The van der Waals surface area contributed by atoms with Crippen molar-refractivity contribution in [3.63, 3.8) is 0 Å². The van der Waals surface area contributed by atoms with E-state index in [-0.39, 0.29) is 5.02 Å². The molecule has 0 spiro atoms. The monoisotopic (exact) mass is 273 g/mol. The van der Waals surface area contributed by atoms with E-state index in [1.807, 2.05) is 30.3 Å². The summed E-state index contributed by atoms with van der Waals surface area (Å²) in [5, 5.41) is 7.95. The summed E-state index contributed by atoms with van der Waals surface area (Å²) in [6, 6.07) is 14.2. The second-order valence-corrected chi connectivity index (χ2v) is 4.34. The third-order valence-corrected chi connectivity index (χ3v) is 3.16. The SMILES string of the molecule is Fc1cccc(-c2nncn2-c2ccccc2)c1Cl. The normalized spacial score (nSPS) is 10.6. The molecule has 3 nitrogen and oxygen atoms in total. The fourth-order valence-electron chi connectivity index (χ4n) is 1.87. The molecule has 0 N–H and O–H groups in total. The molecule has 94 valence electrons. The van der Waals surface area contributed by atoms with Crippen LogP contribution < -0.4 is 0 Å². The van der Waals surface area contributed by atoms with Crippen molar-refractivity contribution in [2.75, 3.05) is 0 Å². The highest BCUT2D eigenvalue weighted by Crippen LogP contribution is 2.29. The van der Waals surface area contributed by atoms with E-state index >= 15 is 0 Å². The molecule has 0 saturated heterocycles. The summed E-state index contributed by atoms with van der Waals surface area (Å²) in [6.45, 7) is 0. The molecular formula is C14H9ClFN3. The Hall–Kier alpha value is -2.20. The molecule has 0 bridgehead atoms. The molecule has 19 heavy (non-hydrogen) atoms. The molecule has 1 aromatic heterocycles. The Kier molecular flexibility index (Phi) is 3.01. The molecular weight excluding hydrogens is 265 g/mol. The van der Waals surface area contributed by atoms with Gasteiger partial charge in [0, 0.05) is 11.3 Å². The van der Waals surface area contributed by atoms with Crippen molar-refractivity contribution < 1.29 is 4.39 Å². The van der Waals surface area contributed by atoms with Crippen LogP contribution in [0.25, 0.3) is 17.1 Å². The first-order valence-corrected chi connectivity index (χ1v) is 6.05. The highest BCUT2D eigenvalue weighted by molar-refractivity contribution is 6.33. The van der Waals surface area contributed by atoms with Crippen LogP contribution in [0.4, 0.5) is 4.39 Å². The van der Waals surface area contributed by atoms with Crippen LogP contribution in [0.15, 0.2) is 54.9 Å². The topological polar surface area (TPSA) is 30.7 Å². The third-order valence-electron chi connectivity index (χ3n) is 2.77. The summed E-state index contributed by atoms with van der Waals surface area (Å²) in [5.74, 6) is 0.0393. The Labute approximate surface area is 114 Å². The van der Waals surface area contributed by atoms with Crippen molar-refractivity contribution in [3.05, 3.63) is 65.7 Å². The maximum absolute atomic E-state index is 13.5. The molecule has 2 aromatic carbocycles. The summed E-state index contributed by atoms with van der Waals surface area (Å²) in [4.78, 5) is 0. The fraction of sp³-hybridized carbons (Fsp3) is 0. The van der Waals surface area contributed by atoms with E-state index in [0.717, 1.165) is 5.69 Å². The molecule has 0 saturated carbocycles. The van der Waals surface area contributed by atoms with Crippen molar-refractivity contribution >= 4 is 11.6 Å². The average Bonchev–Trinajstić information content (AvgIpc) is 2.92. The summed E-state index contributed by atoms with van der Waals surface area (Å²) >= 11 is 5.99. The third kappa shape index (κ3) is 2.11. The number of benzene rings is 2. The van der Waals surface area contributed by atoms with Gasteiger partial charge in [0.15, 0.2) is 5.82 Å². The lowest BCUT2D eigenvalue weighted by Crippen LogP contribution is -1.97. The molecule has 0 aliphatic rings. The maximum atomic E-state index is 13.5. The molecule has 0 atom stereocenters. The molecule has 3 aromatic rings. The van der Waals surface area contributed by atoms with Gasteiger partial charge in [-0.3, -0.25) is 4.57 Å². The van der Waals surface area contributed by atoms with Gasteiger partial charge in [0.25, 0.3) is 0 Å². The van der Waals surface area contributed by atoms with Gasteiger partial charge in [-0.2, -0.15) is 0 Å². The Balaban J connectivity index is 2.18. The van der Waals surface area contributed by atoms with Gasteiger partial charge < -0.3 is 0 Å². The predicted molar refractivity (Wildman–Crippen MR) is 71.8 cm³/mol. The van der Waals surface area contributed by atoms with Crippen molar-refractivity contribution in [3.8, 4) is 17.1 Å². The fourth-order valence-corrected chi connectivity index (χ4v) is 2.08. The van der Waals surface area contributed by atoms with E-state index < -0.39 is 5.82 Å². The minimum Gasteiger partial charge on any atom is -0.282 e. The second-order valence-electron chi connectivity index (χ2n) is 3.96. The lowest BCUT2D eigenvalue weighted by Gasteiger charge is -2.08. The maximum Gasteiger partial charge on any atom is 0.169 e. The van der Waals surface area contributed by atoms with Crippen LogP contribution >= 0.6 is 11.6 Å². The smallest absolute Gasteiger partial charge is 0.169 e. The summed E-state index contributed by atoms with van der Waals surface area (Å²) < 4.78 is 15.3. The zero-order chi connectivity index (χ0) is 13.2. The minimum atomic E-state index is -0.471. The lowest BCUT2D eigenvalue weighted by atomic mass is 10.2. The quantitative estimate of drug-likeness (QED) is 0.712. The van der Waals surface area contributed by atoms with E-state index in [9.17, 15) is 4.39 Å². The van der Waals surface area contributed by atoms with Crippen LogP contribution in [-0.2, 0) is 0 Å². The first kappa shape index (κ1) is 11.9. The van der Waals surface area contributed by atoms with Crippen LogP contribution in [0.2, 0.25) is 5.02 Å². The molecule has 0 unspecified atom stereocenters. The molecule has 5 heteroatoms. The van der Waals surface area contributed by atoms with Crippen molar-refractivity contribution in [1.29, 1.82) is 0 Å². The van der Waals surface area contributed by atoms with Gasteiger partial charge in [-0.25, -0.2) is 4.39 Å². The Morgan fingerprint density at radius 2 is 1.79 bits per heavy atom. The molecule has 0 aliphatic heterocycles. The first-order chi connectivity index (χ1) is 9.27. The van der Waals surface area contributed by atoms with Crippen molar-refractivity contribution in [2.24, 2.45) is 0 Å². The molecule has 1 heterocycles. The van der Waals surface area contributed by atoms with E-state index in [4.69, 9.17) is 11.6 Å². The van der Waals surface area contributed by atoms with Gasteiger partial charge in [0.2, 0.25) is 0 Å². The number of aromatic nitrogens is 3. The van der Waals surface area contributed by atoms with E-state index in [1.165, 1.54) is 6.07 Å². The van der Waals surface area contributed by atoms with Gasteiger partial charge in [0.05, 0.1) is 5.02 Å². The Bertz CT molecular complexity index is 710. The zero-order valence-corrected chi connectivity index (χ0v) is 10.5. The second kappa shape index (κ2) is 4.82. The number of hydrogen-bond acceptors (Lipinski definition) is 2. The molecule has 0 amide bonds. The standard InChI is InChI=1S/C14H9ClFN3/c15-13-11(7-4-8-12(13)16)14-18-17-9-19(14)10-5-2-1-3-6-10/h1-9H. The van der Waals surface area contributed by atoms with Crippen LogP contribution in [-0.4, -0.2) is 14.8 Å². The van der Waals surface area contributed by atoms with Gasteiger partial charge >= 0.3 is 0 Å². The van der Waals surface area contributed by atoms with Gasteiger partial charge in [-0.1, -0.05) is 35.9 Å². The largest absolute Gasteiger partial charge is 0.282 e. The number of hydrogen-bond donors (Lipinski definition) is 0. The van der Waals surface area contributed by atoms with Gasteiger partial charge in [-0.05, 0) is 24.3 Å². The highest BCUT2D eigenvalue weighted by atomic mass is 35.5. The first-order valence-electron chi connectivity index (χ1n) is 5.67. The summed E-state index contributed by atoms with van der Waals surface area (Å²) in [7, 11) is 0. The number of nitrogens with zero attached hydrogens (tertiary/aromatic N) is 3. The van der Waals surface area contributed by atoms with E-state index in [0.29, 0.717) is 11.4 Å². The molecule has 0 radical (unpaired) electrons. The van der Waals surface area contributed by atoms with Gasteiger partial charge in [-0.15, -0.1) is 10.2 Å². The zero-order valence-electron chi connectivity index (χ0n) is 9.79. The van der Waals surface area contributed by atoms with E-state index in [1.54, 1.807) is 23.0 Å². The summed E-state index contributed by atoms with van der Waals surface area (Å²) in [6.07, 6.45) is 1.58. The van der Waals surface area contributed by atoms with Crippen LogP contribution in [0, 0.1) is 5.82 Å². The minimum absolute atomic E-state index is 0.0488. The highest BCUT2D eigenvalue weighted by Gasteiger charge is 2.14. The van der Waals surface area contributed by atoms with Crippen molar-refractivity contribution in [2.45, 2.75) is 0 Å². The van der Waals surface area contributed by atoms with E-state index in [2.05, 4.69) is 10.2 Å². The van der Waals surface area contributed by atoms with Crippen LogP contribution in [0.3, 0.4) is 0 Å². The predicted octanol–water partition coefficient (Wildman–Crippen LogP) is 3.73. The summed E-state index contributed by atoms with van der Waals surface area (Å²) in [5.41, 5.74) is 1.41. The Morgan fingerprint density at radius 1 is 1.00 bits per heavy atom. The number of rotatable bonds is 2. The lowest BCUT2D eigenvalue weighted by molar-refractivity contribution is 0.628. The molecule has 3 rings (SSSR count).